The van der Waals surface area contributed by atoms with Gasteiger partial charge < -0.3 is 13.7 Å². The summed E-state index contributed by atoms with van der Waals surface area (Å²) < 4.78 is 12.9. The van der Waals surface area contributed by atoms with E-state index in [0.717, 1.165) is 66.5 Å². The Morgan fingerprint density at radius 3 is 1.90 bits per heavy atom. The summed E-state index contributed by atoms with van der Waals surface area (Å²) in [5, 5.41) is 6.84. The van der Waals surface area contributed by atoms with Crippen molar-refractivity contribution in [1.29, 1.82) is 0 Å². The van der Waals surface area contributed by atoms with Gasteiger partial charge in [-0.15, -0.1) is 0 Å². The van der Waals surface area contributed by atoms with Gasteiger partial charge in [0, 0.05) is 33.6 Å². The van der Waals surface area contributed by atoms with E-state index in [-0.39, 0.29) is 0 Å². The normalized spacial score (nSPS) is 11.7. The molecule has 3 nitrogen and oxygen atoms in total. The quantitative estimate of drug-likeness (QED) is 0.190. The van der Waals surface area contributed by atoms with Crippen molar-refractivity contribution in [3.63, 3.8) is 0 Å². The molecular weight excluding hydrogens is 599 g/mol. The number of hydrogen-bond acceptors (Lipinski definition) is 3. The first-order valence-electron chi connectivity index (χ1n) is 16.6. The summed E-state index contributed by atoms with van der Waals surface area (Å²) >= 11 is 0. The second-order valence-electron chi connectivity index (χ2n) is 12.5. The predicted octanol–water partition coefficient (Wildman–Crippen LogP) is 13.4. The number of fused-ring (bicyclic) bond motifs is 7. The van der Waals surface area contributed by atoms with Crippen LogP contribution in [0, 0.1) is 0 Å². The highest BCUT2D eigenvalue weighted by Gasteiger charge is 2.21. The van der Waals surface area contributed by atoms with Crippen molar-refractivity contribution in [1.82, 2.24) is 0 Å². The number of benzene rings is 8. The third-order valence-corrected chi connectivity index (χ3v) is 9.67. The molecule has 0 aliphatic heterocycles. The minimum absolute atomic E-state index is 0.847. The maximum Gasteiger partial charge on any atom is 0.137 e. The van der Waals surface area contributed by atoms with E-state index in [0.29, 0.717) is 0 Å². The highest BCUT2D eigenvalue weighted by molar-refractivity contribution is 6.15. The van der Waals surface area contributed by atoms with Crippen LogP contribution in [0.5, 0.6) is 0 Å². The van der Waals surface area contributed by atoms with Gasteiger partial charge in [0.15, 0.2) is 0 Å². The van der Waals surface area contributed by atoms with Crippen molar-refractivity contribution in [2.75, 3.05) is 4.90 Å². The van der Waals surface area contributed by atoms with Gasteiger partial charge in [-0.05, 0) is 87.6 Å². The van der Waals surface area contributed by atoms with Crippen molar-refractivity contribution in [3.8, 4) is 22.3 Å². The van der Waals surface area contributed by atoms with Crippen LogP contribution in [-0.2, 0) is 0 Å². The molecule has 0 atom stereocenters. The predicted molar refractivity (Wildman–Crippen MR) is 204 cm³/mol. The lowest BCUT2D eigenvalue weighted by molar-refractivity contribution is 0.669. The maximum atomic E-state index is 6.49. The average Bonchev–Trinajstić information content (AvgIpc) is 3.73. The Balaban J connectivity index is 1.19. The number of nitrogens with zero attached hydrogens (tertiary/aromatic N) is 1. The van der Waals surface area contributed by atoms with Crippen molar-refractivity contribution in [2.45, 2.75) is 0 Å². The van der Waals surface area contributed by atoms with Crippen LogP contribution >= 0.6 is 0 Å². The molecule has 0 saturated carbocycles. The zero-order chi connectivity index (χ0) is 32.3. The van der Waals surface area contributed by atoms with Crippen LogP contribution in [0.3, 0.4) is 0 Å². The summed E-state index contributed by atoms with van der Waals surface area (Å²) in [5.41, 5.74) is 11.3. The molecule has 0 aliphatic rings. The molecule has 10 rings (SSSR count). The first-order valence-corrected chi connectivity index (χ1v) is 16.6. The summed E-state index contributed by atoms with van der Waals surface area (Å²) in [5.74, 6) is 0. The standard InChI is InChI=1S/C46H29NO2/c1-2-10-30(11-3-1)33-22-27-43-40(28-33)46-41(17-9-19-44(46)48-43)47(35-25-26-39-38-15-6-7-18-42(38)49-45(39)29-35)34-23-20-32(21-24-34)37-16-8-13-31-12-4-5-14-36(31)37/h1-29H. The molecular formula is C46H29NO2. The molecule has 0 saturated heterocycles. The molecule has 0 amide bonds. The monoisotopic (exact) mass is 627 g/mol. The first kappa shape index (κ1) is 27.5. The fourth-order valence-electron chi connectivity index (χ4n) is 7.35. The van der Waals surface area contributed by atoms with Gasteiger partial charge in [-0.2, -0.15) is 0 Å². The Morgan fingerprint density at radius 1 is 0.347 bits per heavy atom. The Hall–Kier alpha value is -6.58. The van der Waals surface area contributed by atoms with Crippen LogP contribution < -0.4 is 4.90 Å². The van der Waals surface area contributed by atoms with Gasteiger partial charge in [0.05, 0.1) is 11.1 Å². The van der Waals surface area contributed by atoms with Gasteiger partial charge in [-0.25, -0.2) is 0 Å². The summed E-state index contributed by atoms with van der Waals surface area (Å²) in [6.45, 7) is 0. The molecule has 2 aromatic heterocycles. The van der Waals surface area contributed by atoms with E-state index in [1.807, 2.05) is 12.1 Å². The number of hydrogen-bond donors (Lipinski definition) is 0. The van der Waals surface area contributed by atoms with E-state index in [1.165, 1.54) is 27.5 Å². The van der Waals surface area contributed by atoms with Gasteiger partial charge in [-0.3, -0.25) is 0 Å². The van der Waals surface area contributed by atoms with Gasteiger partial charge in [0.25, 0.3) is 0 Å². The van der Waals surface area contributed by atoms with Crippen molar-refractivity contribution in [2.24, 2.45) is 0 Å². The molecule has 0 spiro atoms. The SMILES string of the molecule is c1ccc(-c2ccc3oc4cccc(N(c5ccc(-c6cccc7ccccc67)cc5)c5ccc6c(c5)oc5ccccc56)c4c3c2)cc1. The Labute approximate surface area is 282 Å². The first-order chi connectivity index (χ1) is 24.3. The Bertz CT molecular complexity index is 2820. The molecule has 0 unspecified atom stereocenters. The Kier molecular flexibility index (Phi) is 6.18. The third kappa shape index (κ3) is 4.51. The highest BCUT2D eigenvalue weighted by Crippen LogP contribution is 2.45. The number of furan rings is 2. The molecule has 10 aromatic rings. The van der Waals surface area contributed by atoms with Crippen LogP contribution in [0.4, 0.5) is 17.1 Å². The minimum atomic E-state index is 0.847. The lowest BCUT2D eigenvalue weighted by Crippen LogP contribution is -2.10. The molecule has 0 N–H and O–H groups in total. The fourth-order valence-corrected chi connectivity index (χ4v) is 7.35. The zero-order valence-electron chi connectivity index (χ0n) is 26.5. The van der Waals surface area contributed by atoms with Crippen LogP contribution in [0.15, 0.2) is 185 Å². The number of para-hydroxylation sites is 1. The van der Waals surface area contributed by atoms with Crippen molar-refractivity contribution < 1.29 is 8.83 Å². The van der Waals surface area contributed by atoms with Gasteiger partial charge in [0.2, 0.25) is 0 Å². The molecule has 8 aromatic carbocycles. The smallest absolute Gasteiger partial charge is 0.137 e. The Morgan fingerprint density at radius 2 is 1.00 bits per heavy atom. The average molecular weight is 628 g/mol. The van der Waals surface area contributed by atoms with E-state index in [4.69, 9.17) is 8.83 Å². The number of anilines is 3. The van der Waals surface area contributed by atoms with Gasteiger partial charge in [0.1, 0.15) is 22.3 Å². The third-order valence-electron chi connectivity index (χ3n) is 9.67. The lowest BCUT2D eigenvalue weighted by Gasteiger charge is -2.26. The second-order valence-corrected chi connectivity index (χ2v) is 12.5. The molecule has 3 heteroatoms. The van der Waals surface area contributed by atoms with Crippen LogP contribution in [0.1, 0.15) is 0 Å². The zero-order valence-corrected chi connectivity index (χ0v) is 26.5. The molecule has 0 fully saturated rings. The molecule has 230 valence electrons. The van der Waals surface area contributed by atoms with E-state index in [1.54, 1.807) is 0 Å². The van der Waals surface area contributed by atoms with Crippen LogP contribution in [0.25, 0.3) is 76.9 Å². The molecule has 0 radical (unpaired) electrons. The van der Waals surface area contributed by atoms with Crippen LogP contribution in [-0.4, -0.2) is 0 Å². The lowest BCUT2D eigenvalue weighted by atomic mass is 9.98. The van der Waals surface area contributed by atoms with E-state index < -0.39 is 0 Å². The fraction of sp³-hybridized carbons (Fsp3) is 0. The molecule has 49 heavy (non-hydrogen) atoms. The second kappa shape index (κ2) is 11.0. The summed E-state index contributed by atoms with van der Waals surface area (Å²) in [4.78, 5) is 2.33. The van der Waals surface area contributed by atoms with Crippen LogP contribution in [0.2, 0.25) is 0 Å². The van der Waals surface area contributed by atoms with Crippen molar-refractivity contribution >= 4 is 71.7 Å². The molecule has 2 heterocycles. The van der Waals surface area contributed by atoms with E-state index in [9.17, 15) is 0 Å². The van der Waals surface area contributed by atoms with Gasteiger partial charge >= 0.3 is 0 Å². The summed E-state index contributed by atoms with van der Waals surface area (Å²) in [6, 6.07) is 62.0. The highest BCUT2D eigenvalue weighted by atomic mass is 16.3. The van der Waals surface area contributed by atoms with Gasteiger partial charge in [-0.1, -0.05) is 115 Å². The topological polar surface area (TPSA) is 29.5 Å². The largest absolute Gasteiger partial charge is 0.456 e. The summed E-state index contributed by atoms with van der Waals surface area (Å²) in [6.07, 6.45) is 0. The summed E-state index contributed by atoms with van der Waals surface area (Å²) in [7, 11) is 0. The molecule has 0 aliphatic carbocycles. The molecule has 0 bridgehead atoms. The van der Waals surface area contributed by atoms with E-state index in [2.05, 4.69) is 169 Å². The van der Waals surface area contributed by atoms with E-state index >= 15 is 0 Å². The van der Waals surface area contributed by atoms with Crippen molar-refractivity contribution in [3.05, 3.63) is 176 Å². The number of rotatable bonds is 5. The maximum absolute atomic E-state index is 6.49. The minimum Gasteiger partial charge on any atom is -0.456 e.